The fourth-order valence-corrected chi connectivity index (χ4v) is 3.35. The summed E-state index contributed by atoms with van der Waals surface area (Å²) in [6, 6.07) is 20.9. The van der Waals surface area contributed by atoms with Crippen molar-refractivity contribution in [1.29, 1.82) is 0 Å². The van der Waals surface area contributed by atoms with Crippen LogP contribution < -0.4 is 5.32 Å². The molecule has 0 radical (unpaired) electrons. The average molecular weight is 355 g/mol. The number of hydrogen-bond donors (Lipinski definition) is 1. The van der Waals surface area contributed by atoms with Crippen LogP contribution in [0.2, 0.25) is 0 Å². The van der Waals surface area contributed by atoms with Gasteiger partial charge in [0, 0.05) is 27.8 Å². The van der Waals surface area contributed by atoms with E-state index in [4.69, 9.17) is 0 Å². The molecule has 4 rings (SSSR count). The molecule has 1 atom stereocenters. The van der Waals surface area contributed by atoms with Crippen LogP contribution in [0.1, 0.15) is 60.7 Å². The second-order valence-electron chi connectivity index (χ2n) is 6.57. The Morgan fingerprint density at radius 3 is 1.96 bits per heavy atom. The first-order valence-corrected chi connectivity index (χ1v) is 8.74. The lowest BCUT2D eigenvalue weighted by Gasteiger charge is -2.19. The van der Waals surface area contributed by atoms with Crippen molar-refractivity contribution in [1.82, 2.24) is 5.32 Å². The Morgan fingerprint density at radius 2 is 1.30 bits per heavy atom. The summed E-state index contributed by atoms with van der Waals surface area (Å²) in [7, 11) is 0. The molecule has 1 amide bonds. The molecule has 1 N–H and O–H groups in total. The monoisotopic (exact) mass is 355 g/mol. The molecule has 0 heterocycles. The van der Waals surface area contributed by atoms with Gasteiger partial charge < -0.3 is 5.32 Å². The molecule has 0 aromatic heterocycles. The van der Waals surface area contributed by atoms with Crippen LogP contribution in [-0.2, 0) is 0 Å². The summed E-state index contributed by atoms with van der Waals surface area (Å²) in [5, 5.41) is 2.93. The van der Waals surface area contributed by atoms with Crippen molar-refractivity contribution in [2.75, 3.05) is 0 Å². The first-order valence-electron chi connectivity index (χ1n) is 8.74. The van der Waals surface area contributed by atoms with Crippen LogP contribution >= 0.6 is 0 Å². The van der Waals surface area contributed by atoms with Crippen molar-refractivity contribution in [2.45, 2.75) is 13.0 Å². The SMILES string of the molecule is C[C@@H](NC(=O)c1ccc2c(c1)C(=O)c1ccccc1C2=O)c1ccccc1. The van der Waals surface area contributed by atoms with Gasteiger partial charge in [0.15, 0.2) is 11.6 Å². The second-order valence-corrected chi connectivity index (χ2v) is 6.57. The Bertz CT molecular complexity index is 1070. The summed E-state index contributed by atoms with van der Waals surface area (Å²) in [6.45, 7) is 1.90. The van der Waals surface area contributed by atoms with Crippen molar-refractivity contribution >= 4 is 17.5 Å². The van der Waals surface area contributed by atoms with E-state index in [1.165, 1.54) is 6.07 Å². The Hall–Kier alpha value is -3.53. The molecule has 0 saturated heterocycles. The average Bonchev–Trinajstić information content (AvgIpc) is 2.72. The number of carbonyl (C=O) groups is 3. The molecule has 0 spiro atoms. The highest BCUT2D eigenvalue weighted by molar-refractivity contribution is 6.28. The first-order chi connectivity index (χ1) is 13.1. The number of amides is 1. The predicted molar refractivity (Wildman–Crippen MR) is 102 cm³/mol. The van der Waals surface area contributed by atoms with Crippen LogP contribution in [0.25, 0.3) is 0 Å². The van der Waals surface area contributed by atoms with Gasteiger partial charge in [-0.05, 0) is 30.7 Å². The molecule has 4 heteroatoms. The molecular formula is C23H17NO3. The lowest BCUT2D eigenvalue weighted by atomic mass is 9.83. The lowest BCUT2D eigenvalue weighted by Crippen LogP contribution is -2.28. The number of benzene rings is 3. The molecule has 0 saturated carbocycles. The fourth-order valence-electron chi connectivity index (χ4n) is 3.35. The minimum absolute atomic E-state index is 0.173. The Balaban J connectivity index is 1.64. The third-order valence-corrected chi connectivity index (χ3v) is 4.83. The lowest BCUT2D eigenvalue weighted by molar-refractivity contribution is 0.0938. The van der Waals surface area contributed by atoms with Gasteiger partial charge in [-0.1, -0.05) is 54.6 Å². The van der Waals surface area contributed by atoms with Gasteiger partial charge in [-0.2, -0.15) is 0 Å². The summed E-state index contributed by atoms with van der Waals surface area (Å²) in [6.07, 6.45) is 0. The third kappa shape index (κ3) is 2.95. The van der Waals surface area contributed by atoms with E-state index in [0.29, 0.717) is 22.3 Å². The molecule has 3 aromatic carbocycles. The standard InChI is InChI=1S/C23H17NO3/c1-14(15-7-3-2-4-8-15)24-23(27)16-11-12-19-20(13-16)22(26)18-10-6-5-9-17(18)21(19)25/h2-14H,1H3,(H,24,27)/t14-/m1/s1. The maximum atomic E-state index is 12.8. The van der Waals surface area contributed by atoms with Crippen LogP contribution in [0.15, 0.2) is 72.8 Å². The van der Waals surface area contributed by atoms with Gasteiger partial charge in [0.2, 0.25) is 0 Å². The smallest absolute Gasteiger partial charge is 0.251 e. The third-order valence-electron chi connectivity index (χ3n) is 4.83. The van der Waals surface area contributed by atoms with Crippen molar-refractivity contribution in [3.8, 4) is 0 Å². The molecule has 0 fully saturated rings. The van der Waals surface area contributed by atoms with Gasteiger partial charge in [-0.15, -0.1) is 0 Å². The minimum Gasteiger partial charge on any atom is -0.346 e. The van der Waals surface area contributed by atoms with Crippen molar-refractivity contribution in [2.24, 2.45) is 0 Å². The van der Waals surface area contributed by atoms with Gasteiger partial charge >= 0.3 is 0 Å². The molecule has 4 nitrogen and oxygen atoms in total. The van der Waals surface area contributed by atoms with Crippen LogP contribution in [0.5, 0.6) is 0 Å². The number of ketones is 2. The van der Waals surface area contributed by atoms with Crippen LogP contribution in [0.4, 0.5) is 0 Å². The topological polar surface area (TPSA) is 63.2 Å². The van der Waals surface area contributed by atoms with Gasteiger partial charge in [-0.25, -0.2) is 0 Å². The molecular weight excluding hydrogens is 338 g/mol. The Labute approximate surface area is 156 Å². The summed E-state index contributed by atoms with van der Waals surface area (Å²) in [5.74, 6) is -0.705. The van der Waals surface area contributed by atoms with Gasteiger partial charge in [0.25, 0.3) is 5.91 Å². The normalized spacial score (nSPS) is 13.5. The number of rotatable bonds is 3. The van der Waals surface area contributed by atoms with Crippen LogP contribution in [0.3, 0.4) is 0 Å². The summed E-state index contributed by atoms with van der Waals surface area (Å²) >= 11 is 0. The minimum atomic E-state index is -0.284. The molecule has 0 bridgehead atoms. The zero-order valence-corrected chi connectivity index (χ0v) is 14.7. The fraction of sp³-hybridized carbons (Fsp3) is 0.0870. The molecule has 3 aromatic rings. The van der Waals surface area contributed by atoms with E-state index in [1.54, 1.807) is 36.4 Å². The zero-order valence-electron chi connectivity index (χ0n) is 14.7. The molecule has 0 unspecified atom stereocenters. The number of carbonyl (C=O) groups excluding carboxylic acids is 3. The van der Waals surface area contributed by atoms with E-state index >= 15 is 0 Å². The van der Waals surface area contributed by atoms with Crippen LogP contribution in [0, 0.1) is 0 Å². The zero-order chi connectivity index (χ0) is 19.0. The first kappa shape index (κ1) is 16.9. The molecule has 132 valence electrons. The van der Waals surface area contributed by atoms with Crippen LogP contribution in [-0.4, -0.2) is 17.5 Å². The molecule has 27 heavy (non-hydrogen) atoms. The maximum Gasteiger partial charge on any atom is 0.251 e. The Kier molecular flexibility index (Phi) is 4.16. The van der Waals surface area contributed by atoms with E-state index in [0.717, 1.165) is 5.56 Å². The number of hydrogen-bond acceptors (Lipinski definition) is 3. The summed E-state index contributed by atoms with van der Waals surface area (Å²) in [4.78, 5) is 38.1. The van der Waals surface area contributed by atoms with E-state index in [9.17, 15) is 14.4 Å². The highest BCUT2D eigenvalue weighted by Gasteiger charge is 2.30. The van der Waals surface area contributed by atoms with E-state index in [2.05, 4.69) is 5.32 Å². The predicted octanol–water partition coefficient (Wildman–Crippen LogP) is 3.95. The quantitative estimate of drug-likeness (QED) is 0.605. The highest BCUT2D eigenvalue weighted by atomic mass is 16.2. The number of fused-ring (bicyclic) bond motifs is 2. The largest absolute Gasteiger partial charge is 0.346 e. The summed E-state index contributed by atoms with van der Waals surface area (Å²) in [5.41, 5.74) is 2.75. The van der Waals surface area contributed by atoms with Crippen molar-refractivity contribution < 1.29 is 14.4 Å². The van der Waals surface area contributed by atoms with Gasteiger partial charge in [-0.3, -0.25) is 14.4 Å². The summed E-state index contributed by atoms with van der Waals surface area (Å²) < 4.78 is 0. The van der Waals surface area contributed by atoms with E-state index in [1.807, 2.05) is 37.3 Å². The molecule has 0 aliphatic heterocycles. The van der Waals surface area contributed by atoms with Crippen molar-refractivity contribution in [3.05, 3.63) is 106 Å². The number of nitrogens with one attached hydrogen (secondary N) is 1. The Morgan fingerprint density at radius 1 is 0.741 bits per heavy atom. The van der Waals surface area contributed by atoms with E-state index in [-0.39, 0.29) is 29.1 Å². The van der Waals surface area contributed by atoms with Gasteiger partial charge in [0.05, 0.1) is 6.04 Å². The highest BCUT2D eigenvalue weighted by Crippen LogP contribution is 2.28. The second kappa shape index (κ2) is 6.65. The molecule has 1 aliphatic carbocycles. The van der Waals surface area contributed by atoms with Crippen molar-refractivity contribution in [3.63, 3.8) is 0 Å². The molecule has 1 aliphatic rings. The van der Waals surface area contributed by atoms with E-state index < -0.39 is 0 Å². The van der Waals surface area contributed by atoms with Gasteiger partial charge in [0.1, 0.15) is 0 Å². The maximum absolute atomic E-state index is 12.8.